The highest BCUT2D eigenvalue weighted by atomic mass is 16.4. The van der Waals surface area contributed by atoms with Gasteiger partial charge in [-0.25, -0.2) is 9.97 Å². The SMILES string of the molecule is O=C(O)Cc1cnnc2ncncc12. The monoisotopic (exact) mass is 190 g/mol. The molecular formula is C8H6N4O2. The first kappa shape index (κ1) is 8.49. The summed E-state index contributed by atoms with van der Waals surface area (Å²) in [5.41, 5.74) is 0.988. The van der Waals surface area contributed by atoms with Crippen LogP contribution in [0.5, 0.6) is 0 Å². The quantitative estimate of drug-likeness (QED) is 0.719. The highest BCUT2D eigenvalue weighted by Crippen LogP contribution is 2.11. The van der Waals surface area contributed by atoms with Gasteiger partial charge in [0.2, 0.25) is 0 Å². The van der Waals surface area contributed by atoms with Gasteiger partial charge >= 0.3 is 5.97 Å². The fourth-order valence-corrected chi connectivity index (χ4v) is 1.16. The molecule has 0 aliphatic carbocycles. The highest BCUT2D eigenvalue weighted by Gasteiger charge is 2.07. The molecule has 2 heterocycles. The summed E-state index contributed by atoms with van der Waals surface area (Å²) in [7, 11) is 0. The number of carbonyl (C=O) groups is 1. The molecule has 14 heavy (non-hydrogen) atoms. The van der Waals surface area contributed by atoms with Gasteiger partial charge in [0.05, 0.1) is 12.6 Å². The highest BCUT2D eigenvalue weighted by molar-refractivity contribution is 5.82. The molecule has 0 radical (unpaired) electrons. The molecule has 0 unspecified atom stereocenters. The van der Waals surface area contributed by atoms with Crippen molar-refractivity contribution in [3.8, 4) is 0 Å². The van der Waals surface area contributed by atoms with Crippen molar-refractivity contribution in [2.24, 2.45) is 0 Å². The molecule has 0 amide bonds. The van der Waals surface area contributed by atoms with Crippen LogP contribution in [0.1, 0.15) is 5.56 Å². The van der Waals surface area contributed by atoms with E-state index in [0.29, 0.717) is 16.6 Å². The maximum absolute atomic E-state index is 10.5. The first-order valence-electron chi connectivity index (χ1n) is 3.89. The van der Waals surface area contributed by atoms with Crippen LogP contribution in [0.25, 0.3) is 11.0 Å². The Morgan fingerprint density at radius 1 is 1.43 bits per heavy atom. The molecule has 0 aromatic carbocycles. The van der Waals surface area contributed by atoms with Crippen molar-refractivity contribution >= 4 is 17.0 Å². The number of aromatic nitrogens is 4. The van der Waals surface area contributed by atoms with E-state index in [1.54, 1.807) is 0 Å². The van der Waals surface area contributed by atoms with Crippen LogP contribution < -0.4 is 0 Å². The number of aliphatic carboxylic acids is 1. The summed E-state index contributed by atoms with van der Waals surface area (Å²) >= 11 is 0. The zero-order chi connectivity index (χ0) is 9.97. The average Bonchev–Trinajstić information content (AvgIpc) is 2.18. The number of hydrogen-bond acceptors (Lipinski definition) is 5. The van der Waals surface area contributed by atoms with Crippen molar-refractivity contribution < 1.29 is 9.90 Å². The van der Waals surface area contributed by atoms with Crippen LogP contribution in [0.15, 0.2) is 18.7 Å². The van der Waals surface area contributed by atoms with Crippen LogP contribution >= 0.6 is 0 Å². The van der Waals surface area contributed by atoms with E-state index in [1.165, 1.54) is 18.7 Å². The van der Waals surface area contributed by atoms with Crippen molar-refractivity contribution in [1.82, 2.24) is 20.2 Å². The second-order valence-electron chi connectivity index (χ2n) is 2.70. The molecule has 70 valence electrons. The van der Waals surface area contributed by atoms with Crippen molar-refractivity contribution in [2.75, 3.05) is 0 Å². The lowest BCUT2D eigenvalue weighted by Gasteiger charge is -1.99. The smallest absolute Gasteiger partial charge is 0.307 e. The van der Waals surface area contributed by atoms with Crippen LogP contribution in [0.3, 0.4) is 0 Å². The fraction of sp³-hybridized carbons (Fsp3) is 0.125. The topological polar surface area (TPSA) is 88.9 Å². The summed E-state index contributed by atoms with van der Waals surface area (Å²) in [5.74, 6) is -0.914. The van der Waals surface area contributed by atoms with Crippen molar-refractivity contribution in [3.63, 3.8) is 0 Å². The molecule has 2 aromatic heterocycles. The molecule has 0 saturated carbocycles. The van der Waals surface area contributed by atoms with Crippen LogP contribution in [0.4, 0.5) is 0 Å². The van der Waals surface area contributed by atoms with E-state index in [9.17, 15) is 4.79 Å². The minimum atomic E-state index is -0.914. The van der Waals surface area contributed by atoms with E-state index in [1.807, 2.05) is 0 Å². The van der Waals surface area contributed by atoms with Gasteiger partial charge in [0.15, 0.2) is 5.65 Å². The van der Waals surface area contributed by atoms with E-state index >= 15 is 0 Å². The molecule has 1 N–H and O–H groups in total. The Morgan fingerprint density at radius 3 is 3.07 bits per heavy atom. The van der Waals surface area contributed by atoms with Gasteiger partial charge in [-0.05, 0) is 5.56 Å². The van der Waals surface area contributed by atoms with Crippen molar-refractivity contribution in [3.05, 3.63) is 24.3 Å². The summed E-state index contributed by atoms with van der Waals surface area (Å²) in [4.78, 5) is 18.2. The molecular weight excluding hydrogens is 184 g/mol. The van der Waals surface area contributed by atoms with E-state index in [2.05, 4.69) is 20.2 Å². The number of nitrogens with zero attached hydrogens (tertiary/aromatic N) is 4. The van der Waals surface area contributed by atoms with Gasteiger partial charge in [-0.3, -0.25) is 4.79 Å². The Kier molecular flexibility index (Phi) is 2.02. The Hall–Kier alpha value is -2.11. The van der Waals surface area contributed by atoms with E-state index in [4.69, 9.17) is 5.11 Å². The van der Waals surface area contributed by atoms with Gasteiger partial charge in [-0.2, -0.15) is 5.10 Å². The lowest BCUT2D eigenvalue weighted by molar-refractivity contribution is -0.136. The molecule has 0 atom stereocenters. The number of carboxylic acids is 1. The molecule has 0 fully saturated rings. The van der Waals surface area contributed by atoms with Crippen molar-refractivity contribution in [1.29, 1.82) is 0 Å². The van der Waals surface area contributed by atoms with E-state index in [0.717, 1.165) is 0 Å². The maximum atomic E-state index is 10.5. The molecule has 0 spiro atoms. The lowest BCUT2D eigenvalue weighted by Crippen LogP contribution is -2.03. The molecule has 6 nitrogen and oxygen atoms in total. The van der Waals surface area contributed by atoms with Gasteiger partial charge in [0.25, 0.3) is 0 Å². The second kappa shape index (κ2) is 3.33. The molecule has 0 aliphatic heterocycles. The molecule has 0 bridgehead atoms. The van der Waals surface area contributed by atoms with Crippen LogP contribution in [0.2, 0.25) is 0 Å². The van der Waals surface area contributed by atoms with Gasteiger partial charge in [-0.15, -0.1) is 5.10 Å². The van der Waals surface area contributed by atoms with Gasteiger partial charge in [-0.1, -0.05) is 0 Å². The third-order valence-corrected chi connectivity index (χ3v) is 1.74. The Bertz CT molecular complexity index is 480. The molecule has 2 aromatic rings. The molecule has 0 saturated heterocycles. The Morgan fingerprint density at radius 2 is 2.29 bits per heavy atom. The zero-order valence-corrected chi connectivity index (χ0v) is 7.08. The first-order chi connectivity index (χ1) is 6.77. The predicted octanol–water partition coefficient (Wildman–Crippen LogP) is 0.0469. The summed E-state index contributed by atoms with van der Waals surface area (Å²) in [6.07, 6.45) is 4.20. The first-order valence-corrected chi connectivity index (χ1v) is 3.89. The summed E-state index contributed by atoms with van der Waals surface area (Å²) in [6, 6.07) is 0. The van der Waals surface area contributed by atoms with Gasteiger partial charge in [0.1, 0.15) is 6.33 Å². The lowest BCUT2D eigenvalue weighted by atomic mass is 10.1. The summed E-state index contributed by atoms with van der Waals surface area (Å²) < 4.78 is 0. The Labute approximate surface area is 78.6 Å². The fourth-order valence-electron chi connectivity index (χ4n) is 1.16. The van der Waals surface area contributed by atoms with Crippen LogP contribution in [0, 0.1) is 0 Å². The number of hydrogen-bond donors (Lipinski definition) is 1. The third kappa shape index (κ3) is 1.49. The standard InChI is InChI=1S/C8H6N4O2/c13-7(14)1-5-2-11-12-8-6(5)3-9-4-10-8/h2-4H,1H2,(H,13,14). The molecule has 0 aliphatic rings. The van der Waals surface area contributed by atoms with Gasteiger partial charge < -0.3 is 5.11 Å². The summed E-state index contributed by atoms with van der Waals surface area (Å²) in [5, 5.41) is 16.7. The van der Waals surface area contributed by atoms with Crippen LogP contribution in [-0.2, 0) is 11.2 Å². The van der Waals surface area contributed by atoms with E-state index in [-0.39, 0.29) is 6.42 Å². The summed E-state index contributed by atoms with van der Waals surface area (Å²) in [6.45, 7) is 0. The molecule has 2 rings (SSSR count). The number of fused-ring (bicyclic) bond motifs is 1. The Balaban J connectivity index is 2.59. The largest absolute Gasteiger partial charge is 0.481 e. The molecule has 6 heteroatoms. The third-order valence-electron chi connectivity index (χ3n) is 1.74. The number of rotatable bonds is 2. The minimum absolute atomic E-state index is 0.0978. The normalized spacial score (nSPS) is 10.3. The average molecular weight is 190 g/mol. The van der Waals surface area contributed by atoms with E-state index < -0.39 is 5.97 Å². The van der Waals surface area contributed by atoms with Crippen molar-refractivity contribution in [2.45, 2.75) is 6.42 Å². The maximum Gasteiger partial charge on any atom is 0.307 e. The number of carboxylic acid groups (broad SMARTS) is 1. The zero-order valence-electron chi connectivity index (χ0n) is 7.08. The minimum Gasteiger partial charge on any atom is -0.481 e. The van der Waals surface area contributed by atoms with Gasteiger partial charge in [0, 0.05) is 11.6 Å². The second-order valence-corrected chi connectivity index (χ2v) is 2.70. The van der Waals surface area contributed by atoms with Crippen LogP contribution in [-0.4, -0.2) is 31.2 Å². The predicted molar refractivity (Wildman–Crippen MR) is 46.5 cm³/mol.